The maximum atomic E-state index is 11.5. The summed E-state index contributed by atoms with van der Waals surface area (Å²) in [6, 6.07) is 6.83. The summed E-state index contributed by atoms with van der Waals surface area (Å²) >= 11 is 11.5. The molecular weight excluding hydrogens is 287 g/mol. The summed E-state index contributed by atoms with van der Waals surface area (Å²) in [4.78, 5) is 19.5. The van der Waals surface area contributed by atoms with E-state index in [0.717, 1.165) is 5.56 Å². The van der Waals surface area contributed by atoms with Crippen LogP contribution in [0.25, 0.3) is 11.3 Å². The summed E-state index contributed by atoms with van der Waals surface area (Å²) in [5.74, 6) is -0.353. The van der Waals surface area contributed by atoms with Gasteiger partial charge in [-0.3, -0.25) is 0 Å². The summed E-state index contributed by atoms with van der Waals surface area (Å²) in [5.41, 5.74) is 1.86. The second-order valence-corrected chi connectivity index (χ2v) is 4.35. The third kappa shape index (κ3) is 3.22. The fourth-order valence-electron chi connectivity index (χ4n) is 1.48. The second kappa shape index (κ2) is 5.99. The lowest BCUT2D eigenvalue weighted by atomic mass is 10.1. The van der Waals surface area contributed by atoms with Gasteiger partial charge in [-0.2, -0.15) is 0 Å². The SMILES string of the molecule is CCOC(=O)c1ccc(-c2cnc(Cl)c(Cl)n2)cc1. The minimum atomic E-state index is -0.353. The zero-order valence-electron chi connectivity index (χ0n) is 10.1. The van der Waals surface area contributed by atoms with E-state index >= 15 is 0 Å². The van der Waals surface area contributed by atoms with Crippen LogP contribution in [0.1, 0.15) is 17.3 Å². The third-order valence-corrected chi connectivity index (χ3v) is 3.02. The number of benzene rings is 1. The van der Waals surface area contributed by atoms with Crippen LogP contribution in [0, 0.1) is 0 Å². The predicted octanol–water partition coefficient (Wildman–Crippen LogP) is 3.63. The Labute approximate surface area is 120 Å². The number of nitrogens with zero attached hydrogens (tertiary/aromatic N) is 2. The monoisotopic (exact) mass is 296 g/mol. The summed E-state index contributed by atoms with van der Waals surface area (Å²) in [6.45, 7) is 2.11. The molecule has 1 aromatic heterocycles. The number of halogens is 2. The molecule has 0 aliphatic rings. The number of carbonyl (C=O) groups excluding carboxylic acids is 1. The Morgan fingerprint density at radius 2 is 1.89 bits per heavy atom. The van der Waals surface area contributed by atoms with Crippen LogP contribution in [0.5, 0.6) is 0 Å². The van der Waals surface area contributed by atoms with Gasteiger partial charge in [0, 0.05) is 5.56 Å². The average Bonchev–Trinajstić information content (AvgIpc) is 2.42. The van der Waals surface area contributed by atoms with E-state index in [1.807, 2.05) is 0 Å². The first-order valence-electron chi connectivity index (χ1n) is 5.57. The summed E-state index contributed by atoms with van der Waals surface area (Å²) in [5, 5.41) is 0.308. The van der Waals surface area contributed by atoms with Gasteiger partial charge in [-0.25, -0.2) is 14.8 Å². The van der Waals surface area contributed by atoms with Crippen molar-refractivity contribution in [3.8, 4) is 11.3 Å². The van der Waals surface area contributed by atoms with E-state index in [9.17, 15) is 4.79 Å². The molecular formula is C13H10Cl2N2O2. The van der Waals surface area contributed by atoms with Gasteiger partial charge >= 0.3 is 5.97 Å². The number of carbonyl (C=O) groups is 1. The largest absolute Gasteiger partial charge is 0.462 e. The molecule has 6 heteroatoms. The minimum Gasteiger partial charge on any atom is -0.462 e. The van der Waals surface area contributed by atoms with Crippen LogP contribution < -0.4 is 0 Å². The Kier molecular flexibility index (Phi) is 4.35. The normalized spacial score (nSPS) is 10.3. The first-order valence-corrected chi connectivity index (χ1v) is 6.33. The van der Waals surface area contributed by atoms with E-state index in [2.05, 4.69) is 9.97 Å². The topological polar surface area (TPSA) is 52.1 Å². The predicted molar refractivity (Wildman–Crippen MR) is 73.4 cm³/mol. The Morgan fingerprint density at radius 3 is 2.47 bits per heavy atom. The molecule has 0 unspecified atom stereocenters. The van der Waals surface area contributed by atoms with Crippen molar-refractivity contribution in [2.24, 2.45) is 0 Å². The number of aromatic nitrogens is 2. The van der Waals surface area contributed by atoms with Gasteiger partial charge in [0.15, 0.2) is 10.3 Å². The zero-order chi connectivity index (χ0) is 13.8. The first-order chi connectivity index (χ1) is 9.11. The standard InChI is InChI=1S/C13H10Cl2N2O2/c1-2-19-13(18)9-5-3-8(4-6-9)10-7-16-11(14)12(15)17-10/h3-7H,2H2,1H3. The maximum absolute atomic E-state index is 11.5. The van der Waals surface area contributed by atoms with Crippen molar-refractivity contribution in [2.75, 3.05) is 6.61 Å². The molecule has 0 N–H and O–H groups in total. The van der Waals surface area contributed by atoms with E-state index < -0.39 is 0 Å². The van der Waals surface area contributed by atoms with Gasteiger partial charge in [0.05, 0.1) is 24.1 Å². The van der Waals surface area contributed by atoms with Crippen LogP contribution in [0.15, 0.2) is 30.5 Å². The number of esters is 1. The molecule has 0 spiro atoms. The molecule has 0 saturated heterocycles. The lowest BCUT2D eigenvalue weighted by Crippen LogP contribution is -2.04. The van der Waals surface area contributed by atoms with E-state index in [4.69, 9.17) is 27.9 Å². The quantitative estimate of drug-likeness (QED) is 0.812. The van der Waals surface area contributed by atoms with Gasteiger partial charge in [0.25, 0.3) is 0 Å². The summed E-state index contributed by atoms with van der Waals surface area (Å²) < 4.78 is 4.90. The average molecular weight is 297 g/mol. The van der Waals surface area contributed by atoms with E-state index in [1.165, 1.54) is 6.20 Å². The van der Waals surface area contributed by atoms with Crippen LogP contribution in [0.2, 0.25) is 10.3 Å². The van der Waals surface area contributed by atoms with Crippen molar-refractivity contribution in [3.63, 3.8) is 0 Å². The number of hydrogen-bond donors (Lipinski definition) is 0. The van der Waals surface area contributed by atoms with Gasteiger partial charge in [-0.15, -0.1) is 0 Å². The molecule has 2 rings (SSSR count). The van der Waals surface area contributed by atoms with Crippen molar-refractivity contribution < 1.29 is 9.53 Å². The van der Waals surface area contributed by atoms with Crippen molar-refractivity contribution >= 4 is 29.2 Å². The molecule has 19 heavy (non-hydrogen) atoms. The molecule has 98 valence electrons. The fourth-order valence-corrected chi connectivity index (χ4v) is 1.71. The highest BCUT2D eigenvalue weighted by Crippen LogP contribution is 2.22. The van der Waals surface area contributed by atoms with Crippen molar-refractivity contribution in [2.45, 2.75) is 6.92 Å². The molecule has 1 aromatic carbocycles. The van der Waals surface area contributed by atoms with Gasteiger partial charge in [-0.1, -0.05) is 35.3 Å². The van der Waals surface area contributed by atoms with Crippen molar-refractivity contribution in [1.82, 2.24) is 9.97 Å². The Balaban J connectivity index is 2.27. The van der Waals surface area contributed by atoms with E-state index in [0.29, 0.717) is 17.9 Å². The highest BCUT2D eigenvalue weighted by Gasteiger charge is 2.08. The smallest absolute Gasteiger partial charge is 0.338 e. The third-order valence-electron chi connectivity index (χ3n) is 2.38. The number of rotatable bonds is 3. The van der Waals surface area contributed by atoms with E-state index in [1.54, 1.807) is 31.2 Å². The summed E-state index contributed by atoms with van der Waals surface area (Å²) in [7, 11) is 0. The van der Waals surface area contributed by atoms with Crippen LogP contribution in [0.4, 0.5) is 0 Å². The van der Waals surface area contributed by atoms with Gasteiger partial charge in [0.2, 0.25) is 0 Å². The Morgan fingerprint density at radius 1 is 1.21 bits per heavy atom. The molecule has 0 saturated carbocycles. The van der Waals surface area contributed by atoms with Gasteiger partial charge in [-0.05, 0) is 19.1 Å². The number of hydrogen-bond acceptors (Lipinski definition) is 4. The second-order valence-electron chi connectivity index (χ2n) is 3.63. The van der Waals surface area contributed by atoms with Crippen molar-refractivity contribution in [1.29, 1.82) is 0 Å². The van der Waals surface area contributed by atoms with Crippen LogP contribution in [-0.2, 0) is 4.74 Å². The molecule has 1 heterocycles. The highest BCUT2D eigenvalue weighted by molar-refractivity contribution is 6.40. The first kappa shape index (κ1) is 13.8. The lowest BCUT2D eigenvalue weighted by molar-refractivity contribution is 0.0526. The van der Waals surface area contributed by atoms with E-state index in [-0.39, 0.29) is 16.3 Å². The molecule has 0 aliphatic carbocycles. The van der Waals surface area contributed by atoms with Crippen LogP contribution in [-0.4, -0.2) is 22.5 Å². The van der Waals surface area contributed by atoms with Crippen molar-refractivity contribution in [3.05, 3.63) is 46.3 Å². The maximum Gasteiger partial charge on any atom is 0.338 e. The molecule has 0 radical (unpaired) electrons. The van der Waals surface area contributed by atoms with Gasteiger partial charge in [0.1, 0.15) is 0 Å². The minimum absolute atomic E-state index is 0.147. The molecule has 0 fully saturated rings. The van der Waals surface area contributed by atoms with Crippen LogP contribution in [0.3, 0.4) is 0 Å². The highest BCUT2D eigenvalue weighted by atomic mass is 35.5. The Hall–Kier alpha value is -1.65. The summed E-state index contributed by atoms with van der Waals surface area (Å²) in [6.07, 6.45) is 1.52. The zero-order valence-corrected chi connectivity index (χ0v) is 11.6. The molecule has 0 amide bonds. The molecule has 4 nitrogen and oxygen atoms in total. The molecule has 0 aliphatic heterocycles. The molecule has 0 atom stereocenters. The molecule has 2 aromatic rings. The fraction of sp³-hybridized carbons (Fsp3) is 0.154. The van der Waals surface area contributed by atoms with Crippen LogP contribution >= 0.6 is 23.2 Å². The Bertz CT molecular complexity index is 600. The molecule has 0 bridgehead atoms. The van der Waals surface area contributed by atoms with Gasteiger partial charge < -0.3 is 4.74 Å². The number of ether oxygens (including phenoxy) is 1. The lowest BCUT2D eigenvalue weighted by Gasteiger charge is -2.04.